The van der Waals surface area contributed by atoms with E-state index in [1.54, 1.807) is 0 Å². The fourth-order valence-corrected chi connectivity index (χ4v) is 4.94. The number of rotatable bonds is 2. The molecule has 2 aliphatic rings. The second-order valence-corrected chi connectivity index (χ2v) is 7.63. The maximum absolute atomic E-state index is 9.80. The Morgan fingerprint density at radius 2 is 1.77 bits per heavy atom. The quantitative estimate of drug-likeness (QED) is 0.555. The van der Waals surface area contributed by atoms with E-state index in [0.717, 1.165) is 59.6 Å². The molecule has 0 bridgehead atoms. The van der Waals surface area contributed by atoms with E-state index in [-0.39, 0.29) is 11.7 Å². The highest BCUT2D eigenvalue weighted by Gasteiger charge is 2.45. The van der Waals surface area contributed by atoms with Crippen LogP contribution in [0.3, 0.4) is 0 Å². The van der Waals surface area contributed by atoms with Crippen molar-refractivity contribution in [2.24, 2.45) is 5.92 Å². The van der Waals surface area contributed by atoms with Crippen molar-refractivity contribution in [1.82, 2.24) is 4.57 Å². The lowest BCUT2D eigenvalue weighted by atomic mass is 9.83. The molecule has 1 saturated carbocycles. The molecule has 0 N–H and O–H groups in total. The van der Waals surface area contributed by atoms with Crippen molar-refractivity contribution < 1.29 is 10.1 Å². The molecular weight excluding hydrogens is 316 g/mol. The van der Waals surface area contributed by atoms with Crippen LogP contribution in [-0.4, -0.2) is 4.57 Å². The van der Waals surface area contributed by atoms with Crippen LogP contribution in [-0.2, 0) is 0 Å². The molecule has 2 heteroatoms. The summed E-state index contributed by atoms with van der Waals surface area (Å²) in [7, 11) is 0. The van der Waals surface area contributed by atoms with Gasteiger partial charge in [0.15, 0.2) is 5.69 Å². The highest BCUT2D eigenvalue weighted by Crippen LogP contribution is 2.49. The van der Waals surface area contributed by atoms with Crippen molar-refractivity contribution in [1.29, 1.82) is 0 Å². The first-order valence-corrected chi connectivity index (χ1v) is 9.60. The highest BCUT2D eigenvalue weighted by molar-refractivity contribution is 5.55. The molecule has 1 aromatic heterocycles. The maximum Gasteiger partial charge on any atom is 0.264 e. The van der Waals surface area contributed by atoms with Crippen LogP contribution in [0.4, 0.5) is 0 Å². The molecule has 1 aliphatic heterocycles. The van der Waals surface area contributed by atoms with Crippen molar-refractivity contribution in [3.8, 4) is 11.4 Å². The molecule has 3 aromatic rings. The third-order valence-electron chi connectivity index (χ3n) is 6.14. The lowest BCUT2D eigenvalue weighted by Crippen LogP contribution is -2.37. The molecule has 0 saturated heterocycles. The monoisotopic (exact) mass is 347 g/mol. The average Bonchev–Trinajstić information content (AvgIpc) is 3.39. The summed E-state index contributed by atoms with van der Waals surface area (Å²) in [5, 5.41) is 0. The fraction of sp³-hybridized carbons (Fsp3) is 0.375. The molecule has 0 radical (unpaired) electrons. The first-order chi connectivity index (χ1) is 14.3. The Morgan fingerprint density at radius 1 is 1.04 bits per heavy atom. The maximum atomic E-state index is 9.80. The predicted molar refractivity (Wildman–Crippen MR) is 105 cm³/mol. The molecular formula is C24H27N2+. The van der Waals surface area contributed by atoms with Gasteiger partial charge in [-0.15, -0.1) is 0 Å². The molecule has 1 atom stereocenters. The van der Waals surface area contributed by atoms with Gasteiger partial charge in [-0.2, -0.15) is 9.13 Å². The Bertz CT molecular complexity index is 1140. The Morgan fingerprint density at radius 3 is 2.54 bits per heavy atom. The summed E-state index contributed by atoms with van der Waals surface area (Å²) in [5.41, 5.74) is 5.35. The van der Waals surface area contributed by atoms with E-state index >= 15 is 0 Å². The molecule has 1 fully saturated rings. The van der Waals surface area contributed by atoms with Crippen LogP contribution >= 0.6 is 0 Å². The van der Waals surface area contributed by atoms with Crippen LogP contribution in [0.1, 0.15) is 65.4 Å². The SMILES string of the molecule is [2H]C([2H])([2H])c1n2c(c(C)[n+]1-c1ccccc1C)C([2H])(C1CCCC1)c1ccccc1-2. The minimum Gasteiger partial charge on any atom is -0.197 e. The van der Waals surface area contributed by atoms with E-state index in [9.17, 15) is 1.37 Å². The Balaban J connectivity index is 1.92. The fourth-order valence-electron chi connectivity index (χ4n) is 4.94. The largest absolute Gasteiger partial charge is 0.264 e. The number of hydrogen-bond acceptors (Lipinski definition) is 0. The van der Waals surface area contributed by atoms with Gasteiger partial charge in [0.05, 0.1) is 5.89 Å². The number of para-hydroxylation sites is 2. The summed E-state index contributed by atoms with van der Waals surface area (Å²) in [6.07, 6.45) is 4.29. The standard InChI is InChI=1S/C24H27N2/c1-16-10-4-8-14-21(16)25-17(2)24-23(19-11-5-6-12-19)20-13-7-9-15-22(20)26(24)18(25)3/h4,7-10,13-15,19,23H,5-6,11-12H2,1-3H3/q+1/i3D3,23D. The van der Waals surface area contributed by atoms with Crippen LogP contribution in [0.15, 0.2) is 48.5 Å². The van der Waals surface area contributed by atoms with Crippen molar-refractivity contribution in [2.45, 2.75) is 52.3 Å². The zero-order chi connectivity index (χ0) is 21.3. The first-order valence-electron chi connectivity index (χ1n) is 11.6. The lowest BCUT2D eigenvalue weighted by molar-refractivity contribution is -0.609. The number of fused-ring (bicyclic) bond motifs is 3. The van der Waals surface area contributed by atoms with Gasteiger partial charge in [-0.25, -0.2) is 0 Å². The number of aryl methyl sites for hydroxylation is 1. The number of hydrogen-bond donors (Lipinski definition) is 0. The number of benzene rings is 2. The van der Waals surface area contributed by atoms with Crippen LogP contribution in [0.5, 0.6) is 0 Å². The molecule has 2 aromatic carbocycles. The van der Waals surface area contributed by atoms with Crippen LogP contribution in [0.25, 0.3) is 11.4 Å². The summed E-state index contributed by atoms with van der Waals surface area (Å²) >= 11 is 0. The van der Waals surface area contributed by atoms with Gasteiger partial charge in [0, 0.05) is 24.8 Å². The van der Waals surface area contributed by atoms with Crippen molar-refractivity contribution >= 4 is 0 Å². The second kappa shape index (κ2) is 5.84. The molecule has 1 unspecified atom stereocenters. The van der Waals surface area contributed by atoms with E-state index < -0.39 is 12.7 Å². The smallest absolute Gasteiger partial charge is 0.197 e. The van der Waals surface area contributed by atoms with Crippen LogP contribution in [0.2, 0.25) is 0 Å². The number of aromatic nitrogens is 2. The van der Waals surface area contributed by atoms with Gasteiger partial charge in [-0.1, -0.05) is 49.2 Å². The predicted octanol–water partition coefficient (Wildman–Crippen LogP) is 5.31. The van der Waals surface area contributed by atoms with E-state index in [2.05, 4.69) is 0 Å². The highest BCUT2D eigenvalue weighted by atomic mass is 15.2. The molecule has 0 amide bonds. The van der Waals surface area contributed by atoms with Crippen LogP contribution in [0, 0.1) is 26.6 Å². The molecule has 0 spiro atoms. The molecule has 26 heavy (non-hydrogen) atoms. The topological polar surface area (TPSA) is 8.81 Å². The molecule has 2 nitrogen and oxygen atoms in total. The van der Waals surface area contributed by atoms with Crippen molar-refractivity contribution in [3.63, 3.8) is 0 Å². The van der Waals surface area contributed by atoms with Gasteiger partial charge in [0.2, 0.25) is 0 Å². The minimum atomic E-state index is -2.32. The van der Waals surface area contributed by atoms with Crippen LogP contribution < -0.4 is 4.57 Å². The first kappa shape index (κ1) is 12.1. The summed E-state index contributed by atoms with van der Waals surface area (Å²) in [6.45, 7) is 1.67. The van der Waals surface area contributed by atoms with E-state index in [0.29, 0.717) is 0 Å². The van der Waals surface area contributed by atoms with Gasteiger partial charge in [-0.3, -0.25) is 0 Å². The summed E-state index contributed by atoms with van der Waals surface area (Å²) < 4.78 is 38.8. The lowest BCUT2D eigenvalue weighted by Gasteiger charge is -2.17. The zero-order valence-corrected chi connectivity index (χ0v) is 15.4. The van der Waals surface area contributed by atoms with Gasteiger partial charge in [0.1, 0.15) is 17.1 Å². The minimum absolute atomic E-state index is 0.197. The van der Waals surface area contributed by atoms with Crippen molar-refractivity contribution in [3.05, 3.63) is 76.9 Å². The Labute approximate surface area is 161 Å². The molecule has 1 aliphatic carbocycles. The van der Waals surface area contributed by atoms with E-state index in [1.807, 2.05) is 71.5 Å². The normalized spacial score (nSPS) is 24.5. The third kappa shape index (κ3) is 2.08. The van der Waals surface area contributed by atoms with Gasteiger partial charge < -0.3 is 0 Å². The molecule has 132 valence electrons. The number of nitrogens with zero attached hydrogens (tertiary/aromatic N) is 2. The zero-order valence-electron chi connectivity index (χ0n) is 19.4. The Kier molecular flexibility index (Phi) is 2.72. The summed E-state index contributed by atoms with van der Waals surface area (Å²) in [4.78, 5) is 0. The summed E-state index contributed by atoms with van der Waals surface area (Å²) in [5.74, 6) is -0.461. The van der Waals surface area contributed by atoms with Crippen molar-refractivity contribution in [2.75, 3.05) is 0 Å². The Hall–Kier alpha value is -2.35. The van der Waals surface area contributed by atoms with Gasteiger partial charge in [0.25, 0.3) is 5.82 Å². The van der Waals surface area contributed by atoms with E-state index in [4.69, 9.17) is 4.11 Å². The van der Waals surface area contributed by atoms with Gasteiger partial charge in [-0.05, 0) is 43.4 Å². The van der Waals surface area contributed by atoms with Gasteiger partial charge >= 0.3 is 0 Å². The average molecular weight is 348 g/mol. The number of imidazole rings is 1. The van der Waals surface area contributed by atoms with E-state index in [1.165, 1.54) is 0 Å². The third-order valence-corrected chi connectivity index (χ3v) is 6.14. The molecule has 2 heterocycles. The summed E-state index contributed by atoms with van der Waals surface area (Å²) in [6, 6.07) is 15.8. The second-order valence-electron chi connectivity index (χ2n) is 7.63. The molecule has 5 rings (SSSR count).